The molecule has 0 aliphatic rings. The summed E-state index contributed by atoms with van der Waals surface area (Å²) in [5.41, 5.74) is 0.371. The first-order chi connectivity index (χ1) is 27.5. The van der Waals surface area contributed by atoms with Crippen molar-refractivity contribution in [1.82, 2.24) is 0 Å². The molecule has 0 aliphatic carbocycles. The molecule has 0 fully saturated rings. The van der Waals surface area contributed by atoms with Crippen LogP contribution in [0.1, 0.15) is 64.7 Å². The second-order valence-corrected chi connectivity index (χ2v) is 17.0. The number of unbranched alkanes of at least 4 members (excludes halogenated alkanes) is 8. The second kappa shape index (κ2) is 48.3. The zero-order valence-electron chi connectivity index (χ0n) is 35.7. The van der Waals surface area contributed by atoms with Crippen LogP contribution >= 0.6 is 0 Å². The van der Waals surface area contributed by atoms with E-state index in [1.165, 1.54) is 57.4 Å². The molecule has 15 heteroatoms. The molecule has 0 bridgehead atoms. The third kappa shape index (κ3) is 49.1. The van der Waals surface area contributed by atoms with E-state index in [1.807, 2.05) is 0 Å². The van der Waals surface area contributed by atoms with E-state index in [2.05, 4.69) is 19.7 Å². The fraction of sp³-hybridized carbons (Fsp3) is 0.927. The molecule has 0 atom stereocenters. The molecule has 0 N–H and O–H groups in total. The summed E-state index contributed by atoms with van der Waals surface area (Å²) in [6.07, 6.45) is 12.2. The van der Waals surface area contributed by atoms with E-state index in [0.717, 1.165) is 13.0 Å². The van der Waals surface area contributed by atoms with E-state index in [0.29, 0.717) is 158 Å². The van der Waals surface area contributed by atoms with Crippen LogP contribution in [0.25, 0.3) is 0 Å². The Morgan fingerprint density at radius 3 is 0.804 bits per heavy atom. The SMILES string of the molecule is C=C(C)C(=O)OCCOCCOCCOCCOCCOCCOCCOCCOCCOCCOCCOCCOCCCCCCCCCCC[SiH](C)C. The van der Waals surface area contributed by atoms with Gasteiger partial charge in [0, 0.05) is 21.0 Å². The van der Waals surface area contributed by atoms with Crippen molar-refractivity contribution < 1.29 is 66.4 Å². The van der Waals surface area contributed by atoms with Crippen molar-refractivity contribution in [3.05, 3.63) is 12.2 Å². The zero-order chi connectivity index (χ0) is 40.7. The Balaban J connectivity index is 3.08. The average Bonchev–Trinajstić information content (AvgIpc) is 3.18. The first-order valence-corrected chi connectivity index (χ1v) is 24.4. The lowest BCUT2D eigenvalue weighted by molar-refractivity contribution is -0.140. The third-order valence-electron chi connectivity index (χ3n) is 7.97. The van der Waals surface area contributed by atoms with Crippen molar-refractivity contribution in [2.45, 2.75) is 83.8 Å². The van der Waals surface area contributed by atoms with Crippen LogP contribution in [0.3, 0.4) is 0 Å². The molecule has 0 heterocycles. The minimum Gasteiger partial charge on any atom is -0.460 e. The molecule has 0 radical (unpaired) electrons. The summed E-state index contributed by atoms with van der Waals surface area (Å²) in [5, 5.41) is 0. The van der Waals surface area contributed by atoms with Crippen LogP contribution in [0, 0.1) is 0 Å². The number of carbonyl (C=O) groups excluding carboxylic acids is 1. The molecule has 0 aromatic heterocycles. The van der Waals surface area contributed by atoms with Gasteiger partial charge in [0.05, 0.1) is 152 Å². The molecule has 14 nitrogen and oxygen atoms in total. The van der Waals surface area contributed by atoms with Crippen LogP contribution in [-0.4, -0.2) is 180 Å². The number of hydrogen-bond acceptors (Lipinski definition) is 14. The average molecular weight is 827 g/mol. The fourth-order valence-corrected chi connectivity index (χ4v) is 5.94. The summed E-state index contributed by atoms with van der Waals surface area (Å²) in [6, 6.07) is 1.52. The van der Waals surface area contributed by atoms with E-state index in [4.69, 9.17) is 61.6 Å². The van der Waals surface area contributed by atoms with Crippen LogP contribution in [-0.2, 0) is 66.4 Å². The van der Waals surface area contributed by atoms with Gasteiger partial charge in [-0.1, -0.05) is 77.1 Å². The number of rotatable bonds is 49. The highest BCUT2D eigenvalue weighted by Crippen LogP contribution is 2.11. The molecule has 56 heavy (non-hydrogen) atoms. The van der Waals surface area contributed by atoms with Gasteiger partial charge in [0.15, 0.2) is 0 Å². The predicted molar refractivity (Wildman–Crippen MR) is 221 cm³/mol. The summed E-state index contributed by atoms with van der Waals surface area (Å²) in [5.74, 6) is -0.412. The Labute approximate surface area is 341 Å². The lowest BCUT2D eigenvalue weighted by Crippen LogP contribution is -2.16. The van der Waals surface area contributed by atoms with Gasteiger partial charge >= 0.3 is 5.97 Å². The van der Waals surface area contributed by atoms with Crippen molar-refractivity contribution in [2.75, 3.05) is 165 Å². The summed E-state index contributed by atoms with van der Waals surface area (Å²) in [7, 11) is -0.333. The monoisotopic (exact) mass is 827 g/mol. The number of hydrogen-bond donors (Lipinski definition) is 0. The van der Waals surface area contributed by atoms with Crippen LogP contribution < -0.4 is 0 Å². The molecule has 0 unspecified atom stereocenters. The van der Waals surface area contributed by atoms with Crippen LogP contribution in [0.15, 0.2) is 12.2 Å². The van der Waals surface area contributed by atoms with E-state index in [9.17, 15) is 4.79 Å². The van der Waals surface area contributed by atoms with Crippen molar-refractivity contribution in [3.63, 3.8) is 0 Å². The minimum atomic E-state index is -0.412. The Bertz CT molecular complexity index is 795. The molecule has 0 rings (SSSR count). The zero-order valence-corrected chi connectivity index (χ0v) is 36.9. The first kappa shape index (κ1) is 54.9. The van der Waals surface area contributed by atoms with Gasteiger partial charge < -0.3 is 61.6 Å². The Hall–Kier alpha value is -1.05. The highest BCUT2D eigenvalue weighted by atomic mass is 28.3. The number of carbonyl (C=O) groups is 1. The highest BCUT2D eigenvalue weighted by molar-refractivity contribution is 6.55. The molecule has 0 amide bonds. The molecule has 334 valence electrons. The van der Waals surface area contributed by atoms with Gasteiger partial charge in [-0.05, 0) is 13.3 Å². The van der Waals surface area contributed by atoms with Crippen LogP contribution in [0.4, 0.5) is 0 Å². The summed E-state index contributed by atoms with van der Waals surface area (Å²) in [6.45, 7) is 22.6. The van der Waals surface area contributed by atoms with Gasteiger partial charge in [0.25, 0.3) is 0 Å². The molecule has 0 aromatic rings. The Kier molecular flexibility index (Phi) is 47.4. The maximum Gasteiger partial charge on any atom is 0.333 e. The summed E-state index contributed by atoms with van der Waals surface area (Å²) >= 11 is 0. The van der Waals surface area contributed by atoms with Gasteiger partial charge in [0.1, 0.15) is 6.61 Å². The van der Waals surface area contributed by atoms with E-state index >= 15 is 0 Å². The third-order valence-corrected chi connectivity index (χ3v) is 9.53. The molecule has 0 saturated heterocycles. The molecule has 0 saturated carbocycles. The Morgan fingerprint density at radius 1 is 0.339 bits per heavy atom. The molecule has 0 aromatic carbocycles. The quantitative estimate of drug-likeness (QED) is 0.0340. The van der Waals surface area contributed by atoms with Crippen molar-refractivity contribution in [1.29, 1.82) is 0 Å². The first-order valence-electron chi connectivity index (χ1n) is 21.3. The lowest BCUT2D eigenvalue weighted by Gasteiger charge is -2.09. The standard InChI is InChI=1S/C41H82O14Si/c1-40(2)41(42)55-38-37-54-36-35-53-34-33-52-32-31-51-30-29-50-28-27-49-26-25-48-24-23-47-22-21-46-20-19-45-18-17-44-16-15-43-14-12-10-8-6-5-7-9-11-13-39-56(3)4/h56H,1,5-39H2,2-4H3. The van der Waals surface area contributed by atoms with Gasteiger partial charge in [0.2, 0.25) is 0 Å². The largest absolute Gasteiger partial charge is 0.460 e. The molecular weight excluding hydrogens is 745 g/mol. The van der Waals surface area contributed by atoms with Gasteiger partial charge in [-0.2, -0.15) is 0 Å². The molecule has 0 spiro atoms. The summed E-state index contributed by atoms with van der Waals surface area (Å²) in [4.78, 5) is 11.2. The van der Waals surface area contributed by atoms with E-state index in [1.54, 1.807) is 6.92 Å². The highest BCUT2D eigenvalue weighted by Gasteiger charge is 2.02. The van der Waals surface area contributed by atoms with Crippen LogP contribution in [0.2, 0.25) is 19.1 Å². The normalized spacial score (nSPS) is 11.6. The predicted octanol–water partition coefficient (Wildman–Crippen LogP) is 5.30. The smallest absolute Gasteiger partial charge is 0.333 e. The van der Waals surface area contributed by atoms with E-state index < -0.39 is 5.97 Å². The second-order valence-electron chi connectivity index (χ2n) is 13.6. The van der Waals surface area contributed by atoms with Crippen molar-refractivity contribution in [2.24, 2.45) is 0 Å². The van der Waals surface area contributed by atoms with Crippen molar-refractivity contribution in [3.8, 4) is 0 Å². The van der Waals surface area contributed by atoms with Gasteiger partial charge in [-0.15, -0.1) is 0 Å². The number of ether oxygens (including phenoxy) is 13. The molecular formula is C41H82O14Si. The molecule has 0 aliphatic heterocycles. The maximum absolute atomic E-state index is 11.2. The van der Waals surface area contributed by atoms with E-state index in [-0.39, 0.29) is 15.4 Å². The van der Waals surface area contributed by atoms with Gasteiger partial charge in [-0.25, -0.2) is 4.79 Å². The topological polar surface area (TPSA) is 137 Å². The minimum absolute atomic E-state index is 0.199. The van der Waals surface area contributed by atoms with Gasteiger partial charge in [-0.3, -0.25) is 0 Å². The summed E-state index contributed by atoms with van der Waals surface area (Å²) < 4.78 is 70.9. The van der Waals surface area contributed by atoms with Crippen molar-refractivity contribution >= 4 is 14.8 Å². The number of esters is 1. The maximum atomic E-state index is 11.2. The lowest BCUT2D eigenvalue weighted by atomic mass is 10.1. The van der Waals surface area contributed by atoms with Crippen LogP contribution in [0.5, 0.6) is 0 Å². The Morgan fingerprint density at radius 2 is 0.554 bits per heavy atom. The fourth-order valence-electron chi connectivity index (χ4n) is 4.83.